The number of rotatable bonds is 25. The summed E-state index contributed by atoms with van der Waals surface area (Å²) >= 11 is 0. The van der Waals surface area contributed by atoms with Gasteiger partial charge in [0.2, 0.25) is 5.79 Å². The van der Waals surface area contributed by atoms with E-state index < -0.39 is 77.9 Å². The Kier molecular flexibility index (Phi) is 23.6. The van der Waals surface area contributed by atoms with Gasteiger partial charge in [0, 0.05) is 58.3 Å². The largest absolute Gasteiger partial charge is 0.460 e. The molecule has 3 fully saturated rings. The molecule has 14 nitrogen and oxygen atoms in total. The zero-order valence-corrected chi connectivity index (χ0v) is 41.9. The highest BCUT2D eigenvalue weighted by Crippen LogP contribution is 2.38. The maximum Gasteiger partial charge on any atom is 0.329 e. The van der Waals surface area contributed by atoms with Crippen molar-refractivity contribution in [2.75, 3.05) is 27.9 Å². The molecular weight excluding hydrogens is 845 g/mol. The minimum Gasteiger partial charge on any atom is -0.460 e. The Labute approximate surface area is 395 Å². The van der Waals surface area contributed by atoms with Crippen molar-refractivity contribution in [3.63, 3.8) is 0 Å². The fraction of sp³-hybridized carbons (Fsp3) is 0.769. The third-order valence-corrected chi connectivity index (χ3v) is 14.6. The predicted octanol–water partition coefficient (Wildman–Crippen LogP) is 7.06. The summed E-state index contributed by atoms with van der Waals surface area (Å²) in [5.74, 6) is -6.44. The molecule has 2 aliphatic heterocycles. The van der Waals surface area contributed by atoms with Gasteiger partial charge in [-0.1, -0.05) is 71.6 Å². The van der Waals surface area contributed by atoms with Gasteiger partial charge in [-0.05, 0) is 120 Å². The average molecular weight is 931 g/mol. The Balaban J connectivity index is 1.85. The van der Waals surface area contributed by atoms with Crippen molar-refractivity contribution in [1.82, 2.24) is 4.90 Å². The van der Waals surface area contributed by atoms with E-state index in [9.17, 15) is 34.8 Å². The molecule has 0 bridgehead atoms. The van der Waals surface area contributed by atoms with E-state index in [2.05, 4.69) is 19.6 Å². The number of amides is 1. The highest BCUT2D eigenvalue weighted by molar-refractivity contribution is 6.39. The molecule has 5 N–H and O–H groups in total. The molecule has 376 valence electrons. The van der Waals surface area contributed by atoms with Crippen molar-refractivity contribution in [3.8, 4) is 0 Å². The zero-order chi connectivity index (χ0) is 49.5. The summed E-state index contributed by atoms with van der Waals surface area (Å²) in [4.78, 5) is 44.0. The van der Waals surface area contributed by atoms with Crippen molar-refractivity contribution >= 4 is 23.4 Å². The second kappa shape index (κ2) is 27.2. The molecule has 1 saturated carbocycles. The van der Waals surface area contributed by atoms with Crippen molar-refractivity contribution < 1.29 is 58.5 Å². The molecule has 3 rings (SSSR count). The van der Waals surface area contributed by atoms with Gasteiger partial charge in [0.1, 0.15) is 24.4 Å². The van der Waals surface area contributed by atoms with Crippen LogP contribution in [0.15, 0.2) is 48.1 Å². The monoisotopic (exact) mass is 931 g/mol. The predicted molar refractivity (Wildman–Crippen MR) is 256 cm³/mol. The summed E-state index contributed by atoms with van der Waals surface area (Å²) in [5.41, 5.74) is 1.71. The molecule has 1 amide bonds. The minimum absolute atomic E-state index is 0.0381. The normalized spacial score (nSPS) is 29.8. The van der Waals surface area contributed by atoms with Gasteiger partial charge in [-0.15, -0.1) is 0 Å². The van der Waals surface area contributed by atoms with Gasteiger partial charge in [-0.3, -0.25) is 9.59 Å². The number of aliphatic hydroxyl groups excluding tert-OH is 3. The van der Waals surface area contributed by atoms with Crippen LogP contribution in [0.5, 0.6) is 0 Å². The minimum atomic E-state index is -2.41. The standard InChI is InChI=1S/C52H86N2O12/c1-13-17-31(3)25-35(7)46(53)48(64-12)47(57)36(8)26-33(5)42(56)30-44(34(6)27-38-21-23-41(55)45(28-38)63-11)65-51(60)40-19-15-16-24-54(40)50(59)49(58)52(61)37(9)20-22-39(66-52)29-43(62-10)32(4)18-14-2/h13-14,17-18,26,31,33-35,37-45,47-48,53,55-57,61H,2,15-16,19-25,27-30H2,1,3-12H3/b17-13+,32-18+,36-26+,53-46?/t31-,33-,34-,35-,37-,38+,39+,40+,41-,42-,43+,44+,45-,47-,48+,52-/m1/s1. The van der Waals surface area contributed by atoms with Crippen molar-refractivity contribution in [2.45, 2.75) is 193 Å². The first-order valence-corrected chi connectivity index (χ1v) is 24.4. The first-order valence-electron chi connectivity index (χ1n) is 24.4. The first-order chi connectivity index (χ1) is 31.2. The first kappa shape index (κ1) is 57.2. The molecular formula is C52H86N2O12. The number of likely N-dealkylation sites (tertiary alicyclic amines) is 1. The number of piperidine rings is 1. The molecule has 0 spiro atoms. The van der Waals surface area contributed by atoms with Crippen LogP contribution in [-0.2, 0) is 38.1 Å². The maximum atomic E-state index is 14.4. The van der Waals surface area contributed by atoms with Crippen LogP contribution in [-0.4, -0.2) is 137 Å². The molecule has 66 heavy (non-hydrogen) atoms. The third-order valence-electron chi connectivity index (χ3n) is 14.6. The van der Waals surface area contributed by atoms with Crippen LogP contribution in [0.25, 0.3) is 0 Å². The number of aliphatic hydroxyl groups is 4. The Morgan fingerprint density at radius 3 is 2.27 bits per heavy atom. The lowest BCUT2D eigenvalue weighted by Crippen LogP contribution is -2.61. The van der Waals surface area contributed by atoms with E-state index in [4.69, 9.17) is 29.1 Å². The number of ketones is 1. The molecule has 2 saturated heterocycles. The highest BCUT2D eigenvalue weighted by Gasteiger charge is 2.53. The molecule has 14 heteroatoms. The Bertz CT molecular complexity index is 1680. The molecule has 2 heterocycles. The van der Waals surface area contributed by atoms with Gasteiger partial charge in [0.25, 0.3) is 11.7 Å². The van der Waals surface area contributed by atoms with E-state index in [1.165, 1.54) is 12.0 Å². The second-order valence-electron chi connectivity index (χ2n) is 19.8. The van der Waals surface area contributed by atoms with E-state index >= 15 is 0 Å². The van der Waals surface area contributed by atoms with Crippen LogP contribution in [0.4, 0.5) is 0 Å². The molecule has 3 aliphatic rings. The van der Waals surface area contributed by atoms with Crippen LogP contribution in [0.2, 0.25) is 0 Å². The van der Waals surface area contributed by atoms with Gasteiger partial charge in [-0.2, -0.15) is 0 Å². The number of allylic oxidation sites excluding steroid dienone is 4. The van der Waals surface area contributed by atoms with E-state index in [0.29, 0.717) is 56.9 Å². The summed E-state index contributed by atoms with van der Waals surface area (Å²) in [6.45, 7) is 19.0. The van der Waals surface area contributed by atoms with Gasteiger partial charge in [0.15, 0.2) is 0 Å². The van der Waals surface area contributed by atoms with Crippen LogP contribution in [0, 0.1) is 40.9 Å². The molecule has 1 aliphatic carbocycles. The summed E-state index contributed by atoms with van der Waals surface area (Å²) in [6.07, 6.45) is 9.71. The van der Waals surface area contributed by atoms with Crippen molar-refractivity contribution in [1.29, 1.82) is 5.41 Å². The number of esters is 1. The average Bonchev–Trinajstić information content (AvgIpc) is 3.29. The van der Waals surface area contributed by atoms with E-state index in [-0.39, 0.29) is 61.0 Å². The number of carbonyl (C=O) groups is 3. The number of nitrogens with zero attached hydrogens (tertiary/aromatic N) is 1. The van der Waals surface area contributed by atoms with Gasteiger partial charge in [0.05, 0.1) is 30.5 Å². The number of Topliss-reactive ketones (excluding diaryl/α,β-unsaturated/α-hetero) is 1. The molecule has 0 aromatic heterocycles. The number of hydrogen-bond acceptors (Lipinski definition) is 13. The molecule has 0 aromatic rings. The Hall–Kier alpha value is -3.08. The number of carbonyl (C=O) groups excluding carboxylic acids is 3. The van der Waals surface area contributed by atoms with Crippen LogP contribution >= 0.6 is 0 Å². The lowest BCUT2D eigenvalue weighted by Gasteiger charge is -2.42. The lowest BCUT2D eigenvalue weighted by molar-refractivity contribution is -0.265. The highest BCUT2D eigenvalue weighted by atomic mass is 16.6. The summed E-state index contributed by atoms with van der Waals surface area (Å²) in [7, 11) is 4.63. The fourth-order valence-electron chi connectivity index (χ4n) is 10.3. The number of nitrogens with one attached hydrogen (secondary N) is 1. The summed E-state index contributed by atoms with van der Waals surface area (Å²) in [6, 6.07) is -1.10. The smallest absolute Gasteiger partial charge is 0.329 e. The number of hydrogen-bond donors (Lipinski definition) is 5. The maximum absolute atomic E-state index is 14.4. The number of ether oxygens (including phenoxy) is 5. The third kappa shape index (κ3) is 15.5. The van der Waals surface area contributed by atoms with Crippen LogP contribution < -0.4 is 0 Å². The fourth-order valence-corrected chi connectivity index (χ4v) is 10.3. The molecule has 0 aromatic carbocycles. The summed E-state index contributed by atoms with van der Waals surface area (Å²) < 4.78 is 29.3. The van der Waals surface area contributed by atoms with Gasteiger partial charge >= 0.3 is 5.97 Å². The second-order valence-corrected chi connectivity index (χ2v) is 19.8. The summed E-state index contributed by atoms with van der Waals surface area (Å²) in [5, 5.41) is 54.5. The molecule has 0 unspecified atom stereocenters. The SMILES string of the molecule is C=C/C=C(\C)[C@H](C[C@@H]1CC[C@@H](C)[C@](O)(C(=O)C(=O)N2CCCC[C@H]2C(=O)O[C@@H](C[C@@H](O)[C@H](C)/C=C(\C)[C@@H](O)[C@@H](OC)C(=N)[C@H](C)C[C@H](C)/C=C/C)[C@H](C)C[C@@H]2CC[C@@H](O)[C@H](OC)C2)O1)OC. The van der Waals surface area contributed by atoms with E-state index in [0.717, 1.165) is 18.4 Å². The van der Waals surface area contributed by atoms with E-state index in [1.54, 1.807) is 40.2 Å². The number of methoxy groups -OCH3 is 3. The van der Waals surface area contributed by atoms with Gasteiger partial charge in [-0.25, -0.2) is 4.79 Å². The van der Waals surface area contributed by atoms with Gasteiger partial charge < -0.3 is 54.4 Å². The topological polar surface area (TPSA) is 205 Å². The van der Waals surface area contributed by atoms with Crippen molar-refractivity contribution in [2.24, 2.45) is 35.5 Å². The van der Waals surface area contributed by atoms with Crippen molar-refractivity contribution in [3.05, 3.63) is 48.1 Å². The Morgan fingerprint density at radius 1 is 0.955 bits per heavy atom. The molecule has 16 atom stereocenters. The Morgan fingerprint density at radius 2 is 1.65 bits per heavy atom. The van der Waals surface area contributed by atoms with Crippen LogP contribution in [0.3, 0.4) is 0 Å². The zero-order valence-electron chi connectivity index (χ0n) is 41.9. The van der Waals surface area contributed by atoms with E-state index in [1.807, 2.05) is 46.8 Å². The lowest BCUT2D eigenvalue weighted by atomic mass is 9.78. The van der Waals surface area contributed by atoms with Crippen LogP contribution in [0.1, 0.15) is 132 Å². The quantitative estimate of drug-likeness (QED) is 0.0205. The molecule has 0 radical (unpaired) electrons.